The number of hydrogen-bond acceptors (Lipinski definition) is 1. The van der Waals surface area contributed by atoms with Gasteiger partial charge in [-0.25, -0.2) is 0 Å². The third kappa shape index (κ3) is 4.77. The maximum absolute atomic E-state index is 11.7. The van der Waals surface area contributed by atoms with Gasteiger partial charge in [0.1, 0.15) is 0 Å². The second-order valence-corrected chi connectivity index (χ2v) is 8.64. The highest BCUT2D eigenvalue weighted by atomic mass is 31.1. The van der Waals surface area contributed by atoms with E-state index in [0.717, 1.165) is 24.0 Å². The molecule has 0 heterocycles. The SMILES string of the molecule is CC(c1ccccc1CCc1ccccc1)c1ccccc1C(C)[PH](=O)O. The van der Waals surface area contributed by atoms with Gasteiger partial charge in [0.15, 0.2) is 8.03 Å². The largest absolute Gasteiger partial charge is 0.346 e. The Bertz CT molecular complexity index is 905. The fourth-order valence-corrected chi connectivity index (χ4v) is 4.24. The molecule has 0 amide bonds. The highest BCUT2D eigenvalue weighted by Gasteiger charge is 2.20. The van der Waals surface area contributed by atoms with E-state index in [1.807, 2.05) is 31.2 Å². The van der Waals surface area contributed by atoms with Gasteiger partial charge in [0.2, 0.25) is 0 Å². The van der Waals surface area contributed by atoms with E-state index in [4.69, 9.17) is 0 Å². The maximum Gasteiger partial charge on any atom is 0.196 e. The number of benzene rings is 3. The van der Waals surface area contributed by atoms with Crippen molar-refractivity contribution in [3.05, 3.63) is 107 Å². The molecule has 1 N–H and O–H groups in total. The van der Waals surface area contributed by atoms with Gasteiger partial charge in [-0.1, -0.05) is 85.8 Å². The molecule has 3 aromatic carbocycles. The van der Waals surface area contributed by atoms with Gasteiger partial charge in [0.25, 0.3) is 0 Å². The van der Waals surface area contributed by atoms with Gasteiger partial charge >= 0.3 is 0 Å². The van der Waals surface area contributed by atoms with E-state index < -0.39 is 8.03 Å². The first kappa shape index (κ1) is 19.6. The van der Waals surface area contributed by atoms with Gasteiger partial charge in [-0.3, -0.25) is 4.57 Å². The molecule has 0 aliphatic heterocycles. The highest BCUT2D eigenvalue weighted by molar-refractivity contribution is 7.38. The third-order valence-corrected chi connectivity index (χ3v) is 6.40. The molecule has 27 heavy (non-hydrogen) atoms. The minimum Gasteiger partial charge on any atom is -0.346 e. The zero-order valence-electron chi connectivity index (χ0n) is 15.9. The molecule has 0 aromatic heterocycles. The van der Waals surface area contributed by atoms with Crippen molar-refractivity contribution >= 4 is 8.03 Å². The highest BCUT2D eigenvalue weighted by Crippen LogP contribution is 2.41. The van der Waals surface area contributed by atoms with Crippen molar-refractivity contribution in [3.8, 4) is 0 Å². The third-order valence-electron chi connectivity index (χ3n) is 5.35. The summed E-state index contributed by atoms with van der Waals surface area (Å²) in [4.78, 5) is 9.66. The Hall–Kier alpha value is -2.15. The van der Waals surface area contributed by atoms with Crippen LogP contribution in [0.2, 0.25) is 0 Å². The van der Waals surface area contributed by atoms with Crippen LogP contribution >= 0.6 is 8.03 Å². The molecule has 140 valence electrons. The monoisotopic (exact) mass is 378 g/mol. The minimum absolute atomic E-state index is 0.178. The molecule has 0 radical (unpaired) electrons. The summed E-state index contributed by atoms with van der Waals surface area (Å²) < 4.78 is 11.7. The van der Waals surface area contributed by atoms with Crippen molar-refractivity contribution < 1.29 is 9.46 Å². The molecule has 0 saturated carbocycles. The molecular formula is C24H27O2P. The van der Waals surface area contributed by atoms with E-state index in [2.05, 4.69) is 61.5 Å². The van der Waals surface area contributed by atoms with Crippen molar-refractivity contribution in [2.24, 2.45) is 0 Å². The molecule has 3 aromatic rings. The van der Waals surface area contributed by atoms with Crippen LogP contribution in [-0.2, 0) is 17.4 Å². The lowest BCUT2D eigenvalue weighted by Crippen LogP contribution is -2.06. The smallest absolute Gasteiger partial charge is 0.196 e. The van der Waals surface area contributed by atoms with Crippen molar-refractivity contribution in [1.29, 1.82) is 0 Å². The molecular weight excluding hydrogens is 351 g/mol. The average molecular weight is 378 g/mol. The van der Waals surface area contributed by atoms with E-state index in [-0.39, 0.29) is 11.6 Å². The molecule has 0 aliphatic carbocycles. The quantitative estimate of drug-likeness (QED) is 0.501. The van der Waals surface area contributed by atoms with Gasteiger partial charge < -0.3 is 4.89 Å². The molecule has 0 saturated heterocycles. The molecule has 0 fully saturated rings. The van der Waals surface area contributed by atoms with Crippen molar-refractivity contribution in [3.63, 3.8) is 0 Å². The topological polar surface area (TPSA) is 37.3 Å². The lowest BCUT2D eigenvalue weighted by atomic mass is 9.85. The predicted molar refractivity (Wildman–Crippen MR) is 114 cm³/mol. The summed E-state index contributed by atoms with van der Waals surface area (Å²) >= 11 is 0. The summed E-state index contributed by atoms with van der Waals surface area (Å²) in [6, 6.07) is 27.2. The zero-order chi connectivity index (χ0) is 19.2. The Morgan fingerprint density at radius 2 is 1.30 bits per heavy atom. The summed E-state index contributed by atoms with van der Waals surface area (Å²) in [6.45, 7) is 4.04. The Kier molecular flexibility index (Phi) is 6.66. The van der Waals surface area contributed by atoms with Crippen LogP contribution in [0.25, 0.3) is 0 Å². The molecule has 0 bridgehead atoms. The predicted octanol–water partition coefficient (Wildman–Crippen LogP) is 6.15. The Balaban J connectivity index is 1.90. The average Bonchev–Trinajstić information content (AvgIpc) is 2.72. The zero-order valence-corrected chi connectivity index (χ0v) is 16.9. The van der Waals surface area contributed by atoms with Crippen LogP contribution in [0.1, 0.15) is 53.2 Å². The van der Waals surface area contributed by atoms with Gasteiger partial charge in [-0.15, -0.1) is 0 Å². The molecule has 0 spiro atoms. The second-order valence-electron chi connectivity index (χ2n) is 7.09. The lowest BCUT2D eigenvalue weighted by molar-refractivity contribution is 0.493. The van der Waals surface area contributed by atoms with Crippen LogP contribution in [-0.4, -0.2) is 4.89 Å². The van der Waals surface area contributed by atoms with Gasteiger partial charge in [0.05, 0.1) is 5.66 Å². The van der Waals surface area contributed by atoms with E-state index in [0.29, 0.717) is 0 Å². The molecule has 3 unspecified atom stereocenters. The number of aryl methyl sites for hydroxylation is 2. The van der Waals surface area contributed by atoms with Crippen LogP contribution in [0.15, 0.2) is 78.9 Å². The molecule has 3 rings (SSSR count). The Morgan fingerprint density at radius 3 is 1.96 bits per heavy atom. The molecule has 0 aliphatic rings. The summed E-state index contributed by atoms with van der Waals surface area (Å²) in [5, 5.41) is 0. The van der Waals surface area contributed by atoms with Crippen LogP contribution in [0.4, 0.5) is 0 Å². The fraction of sp³-hybridized carbons (Fsp3) is 0.250. The minimum atomic E-state index is -2.61. The van der Waals surface area contributed by atoms with Crippen molar-refractivity contribution in [2.45, 2.75) is 38.3 Å². The number of hydrogen-bond donors (Lipinski definition) is 1. The Morgan fingerprint density at radius 1 is 0.741 bits per heavy atom. The maximum atomic E-state index is 11.7. The fourth-order valence-electron chi connectivity index (χ4n) is 3.71. The van der Waals surface area contributed by atoms with Crippen LogP contribution < -0.4 is 0 Å². The molecule has 3 atom stereocenters. The lowest BCUT2D eigenvalue weighted by Gasteiger charge is -2.22. The summed E-state index contributed by atoms with van der Waals surface area (Å²) in [5.74, 6) is 0.178. The van der Waals surface area contributed by atoms with E-state index in [9.17, 15) is 9.46 Å². The summed E-state index contributed by atoms with van der Waals surface area (Å²) in [7, 11) is -2.61. The van der Waals surface area contributed by atoms with E-state index in [1.165, 1.54) is 16.7 Å². The van der Waals surface area contributed by atoms with Crippen molar-refractivity contribution in [2.75, 3.05) is 0 Å². The van der Waals surface area contributed by atoms with Gasteiger partial charge in [-0.2, -0.15) is 0 Å². The van der Waals surface area contributed by atoms with Crippen LogP contribution in [0, 0.1) is 0 Å². The van der Waals surface area contributed by atoms with Gasteiger partial charge in [-0.05, 0) is 47.6 Å². The van der Waals surface area contributed by atoms with Crippen LogP contribution in [0.3, 0.4) is 0 Å². The van der Waals surface area contributed by atoms with Gasteiger partial charge in [0, 0.05) is 5.92 Å². The summed E-state index contributed by atoms with van der Waals surface area (Å²) in [6.07, 6.45) is 1.99. The first-order chi connectivity index (χ1) is 13.1. The number of rotatable bonds is 7. The normalized spacial score (nSPS) is 14.5. The van der Waals surface area contributed by atoms with E-state index in [1.54, 1.807) is 0 Å². The van der Waals surface area contributed by atoms with Crippen LogP contribution in [0.5, 0.6) is 0 Å². The standard InChI is InChI=1S/C24H27O2P/c1-18(23-14-8-9-15-24(23)19(2)27(25)26)22-13-7-6-12-21(22)17-16-20-10-4-3-5-11-20/h3-15,18-19,27H,16-17H2,1-2H3,(H,25,26). The Labute approximate surface area is 162 Å². The first-order valence-electron chi connectivity index (χ1n) is 9.51. The van der Waals surface area contributed by atoms with E-state index >= 15 is 0 Å². The second kappa shape index (κ2) is 9.17. The first-order valence-corrected chi connectivity index (χ1v) is 10.9. The van der Waals surface area contributed by atoms with Crippen molar-refractivity contribution in [1.82, 2.24) is 0 Å². The molecule has 3 heteroatoms. The summed E-state index contributed by atoms with van der Waals surface area (Å²) in [5.41, 5.74) is 5.77. The molecule has 2 nitrogen and oxygen atoms in total.